The zero-order valence-corrected chi connectivity index (χ0v) is 14.8. The fourth-order valence-corrected chi connectivity index (χ4v) is 2.99. The molecule has 128 valence electrons. The zero-order valence-electron chi connectivity index (χ0n) is 14.0. The number of hydrogen-bond acceptors (Lipinski definition) is 4. The highest BCUT2D eigenvalue weighted by Gasteiger charge is 2.24. The van der Waals surface area contributed by atoms with Crippen molar-refractivity contribution in [1.82, 2.24) is 9.97 Å². The molecule has 2 heterocycles. The molecule has 25 heavy (non-hydrogen) atoms. The second-order valence-electron chi connectivity index (χ2n) is 6.13. The minimum Gasteiger partial charge on any atom is -0.550 e. The first-order chi connectivity index (χ1) is 11.8. The predicted octanol–water partition coefficient (Wildman–Crippen LogP) is 2.92. The van der Waals surface area contributed by atoms with E-state index in [4.69, 9.17) is 11.6 Å². The molecule has 3 rings (SSSR count). The number of halogens is 1. The van der Waals surface area contributed by atoms with Gasteiger partial charge in [-0.1, -0.05) is 24.6 Å². The smallest absolute Gasteiger partial charge is 0.227 e. The summed E-state index contributed by atoms with van der Waals surface area (Å²) in [4.78, 5) is 31.6. The number of rotatable bonds is 4. The molecule has 3 aromatic rings. The zero-order chi connectivity index (χ0) is 18.3. The Morgan fingerprint density at radius 1 is 1.20 bits per heavy atom. The number of aliphatic carboxylic acids is 1. The molecule has 5 nitrogen and oxygen atoms in total. The number of carboxylic acid groups (broad SMARTS) is 1. The summed E-state index contributed by atoms with van der Waals surface area (Å²) in [6, 6.07) is 6.72. The number of benzene rings is 1. The molecule has 0 fully saturated rings. The number of aryl methyl sites for hydroxylation is 2. The highest BCUT2D eigenvalue weighted by atomic mass is 35.5. The lowest BCUT2D eigenvalue weighted by Crippen LogP contribution is -2.29. The maximum Gasteiger partial charge on any atom is 0.227 e. The van der Waals surface area contributed by atoms with Crippen LogP contribution in [0.5, 0.6) is 0 Å². The predicted molar refractivity (Wildman–Crippen MR) is 93.9 cm³/mol. The highest BCUT2D eigenvalue weighted by Crippen LogP contribution is 2.32. The van der Waals surface area contributed by atoms with Crippen LogP contribution in [0.1, 0.15) is 45.7 Å². The van der Waals surface area contributed by atoms with Gasteiger partial charge in [0.1, 0.15) is 5.69 Å². The van der Waals surface area contributed by atoms with Gasteiger partial charge in [-0.25, -0.2) is 0 Å². The first-order valence-electron chi connectivity index (χ1n) is 7.79. The van der Waals surface area contributed by atoms with Crippen LogP contribution in [0, 0.1) is 13.8 Å². The molecule has 0 saturated carbocycles. The number of nitrogens with zero attached hydrogens (tertiary/aromatic N) is 1. The molecule has 0 spiro atoms. The number of carbonyl (C=O) groups excluding carboxylic acids is 2. The molecule has 0 amide bonds. The van der Waals surface area contributed by atoms with E-state index in [1.807, 2.05) is 13.8 Å². The third-order valence-electron chi connectivity index (χ3n) is 4.42. The number of nitrogens with one attached hydrogen (secondary N) is 1. The Morgan fingerprint density at radius 2 is 1.92 bits per heavy atom. The van der Waals surface area contributed by atoms with Crippen molar-refractivity contribution in [1.29, 1.82) is 0 Å². The molecular formula is C19H16ClN2O3-. The molecule has 1 N–H and O–H groups in total. The van der Waals surface area contributed by atoms with Crippen LogP contribution in [0.3, 0.4) is 0 Å². The van der Waals surface area contributed by atoms with Gasteiger partial charge in [-0.2, -0.15) is 0 Å². The molecule has 1 aromatic carbocycles. The summed E-state index contributed by atoms with van der Waals surface area (Å²) in [6.45, 7) is 5.30. The fourth-order valence-electron chi connectivity index (χ4n) is 2.81. The summed E-state index contributed by atoms with van der Waals surface area (Å²) in [5.41, 5.74) is 3.35. The van der Waals surface area contributed by atoms with Gasteiger partial charge in [-0.05, 0) is 48.7 Å². The van der Waals surface area contributed by atoms with Gasteiger partial charge in [0.15, 0.2) is 0 Å². The molecule has 0 aliphatic heterocycles. The van der Waals surface area contributed by atoms with Gasteiger partial charge >= 0.3 is 0 Å². The molecule has 0 radical (unpaired) electrons. The normalized spacial score (nSPS) is 12.3. The van der Waals surface area contributed by atoms with Crippen molar-refractivity contribution in [3.05, 3.63) is 63.6 Å². The van der Waals surface area contributed by atoms with E-state index < -0.39 is 11.9 Å². The first-order valence-corrected chi connectivity index (χ1v) is 8.17. The summed E-state index contributed by atoms with van der Waals surface area (Å²) in [6.07, 6.45) is 1.63. The third kappa shape index (κ3) is 3.03. The monoisotopic (exact) mass is 355 g/mol. The van der Waals surface area contributed by atoms with Crippen LogP contribution >= 0.6 is 11.6 Å². The number of hydrogen-bond donors (Lipinski definition) is 1. The molecule has 0 bridgehead atoms. The van der Waals surface area contributed by atoms with Crippen LogP contribution in [0.15, 0.2) is 30.5 Å². The van der Waals surface area contributed by atoms with Crippen molar-refractivity contribution in [2.75, 3.05) is 0 Å². The number of pyridine rings is 1. The lowest BCUT2D eigenvalue weighted by molar-refractivity contribution is -0.307. The van der Waals surface area contributed by atoms with Crippen LogP contribution in [-0.4, -0.2) is 21.7 Å². The maximum absolute atomic E-state index is 13.0. The van der Waals surface area contributed by atoms with Crippen LogP contribution in [0.4, 0.5) is 0 Å². The average Bonchev–Trinajstić information content (AvgIpc) is 2.94. The summed E-state index contributed by atoms with van der Waals surface area (Å²) in [5, 5.41) is 12.6. The van der Waals surface area contributed by atoms with Gasteiger partial charge in [0.25, 0.3) is 0 Å². The van der Waals surface area contributed by atoms with Gasteiger partial charge in [-0.15, -0.1) is 0 Å². The summed E-state index contributed by atoms with van der Waals surface area (Å²) in [5.74, 6) is -2.57. The SMILES string of the molecule is Cc1cnc(C(=O)c2[nH]c3cc(Cl)ccc3c2C(C)C(=O)[O-])cc1C. The fraction of sp³-hybridized carbons (Fsp3) is 0.211. The van der Waals surface area contributed by atoms with Crippen LogP contribution in [0.25, 0.3) is 10.9 Å². The average molecular weight is 356 g/mol. The quantitative estimate of drug-likeness (QED) is 0.729. The van der Waals surface area contributed by atoms with E-state index >= 15 is 0 Å². The van der Waals surface area contributed by atoms with Crippen LogP contribution < -0.4 is 5.11 Å². The Labute approximate surface area is 149 Å². The van der Waals surface area contributed by atoms with Crippen molar-refractivity contribution >= 4 is 34.3 Å². The molecule has 0 aliphatic rings. The van der Waals surface area contributed by atoms with Gasteiger partial charge in [0, 0.05) is 34.0 Å². The topological polar surface area (TPSA) is 85.9 Å². The summed E-state index contributed by atoms with van der Waals surface area (Å²) >= 11 is 6.01. The lowest BCUT2D eigenvalue weighted by Gasteiger charge is -2.14. The number of carboxylic acids is 1. The molecule has 1 atom stereocenters. The summed E-state index contributed by atoms with van der Waals surface area (Å²) in [7, 11) is 0. The van der Waals surface area contributed by atoms with Gasteiger partial charge in [0.05, 0.1) is 5.69 Å². The molecule has 6 heteroatoms. The van der Waals surface area contributed by atoms with Crippen molar-refractivity contribution in [3.8, 4) is 0 Å². The largest absolute Gasteiger partial charge is 0.550 e. The first kappa shape index (κ1) is 17.2. The van der Waals surface area contributed by atoms with E-state index in [0.29, 0.717) is 21.5 Å². The molecule has 1 unspecified atom stereocenters. The highest BCUT2D eigenvalue weighted by molar-refractivity contribution is 6.31. The van der Waals surface area contributed by atoms with E-state index in [1.54, 1.807) is 30.5 Å². The Balaban J connectivity index is 2.23. The number of carbonyl (C=O) groups is 2. The Bertz CT molecular complexity index is 1010. The van der Waals surface area contributed by atoms with E-state index in [9.17, 15) is 14.7 Å². The second-order valence-corrected chi connectivity index (χ2v) is 6.56. The molecular weight excluding hydrogens is 340 g/mol. The van der Waals surface area contributed by atoms with Crippen molar-refractivity contribution < 1.29 is 14.7 Å². The van der Waals surface area contributed by atoms with Gasteiger partial charge < -0.3 is 14.9 Å². The van der Waals surface area contributed by atoms with E-state index in [0.717, 1.165) is 11.1 Å². The van der Waals surface area contributed by atoms with Crippen molar-refractivity contribution in [2.45, 2.75) is 26.7 Å². The minimum absolute atomic E-state index is 0.199. The molecule has 2 aromatic heterocycles. The Kier molecular flexibility index (Phi) is 4.35. The standard InChI is InChI=1S/C19H17ClN2O3/c1-9-6-15(21-8-10(9)2)18(23)17-16(11(3)19(24)25)13-5-4-12(20)7-14(13)22-17/h4-8,11,22H,1-3H3,(H,24,25)/p-1. The number of aromatic amines is 1. The lowest BCUT2D eigenvalue weighted by atomic mass is 9.95. The minimum atomic E-state index is -1.25. The van der Waals surface area contributed by atoms with Crippen molar-refractivity contribution in [3.63, 3.8) is 0 Å². The van der Waals surface area contributed by atoms with Crippen molar-refractivity contribution in [2.24, 2.45) is 0 Å². The van der Waals surface area contributed by atoms with E-state index in [-0.39, 0.29) is 17.2 Å². The Hall–Kier alpha value is -2.66. The van der Waals surface area contributed by atoms with E-state index in [1.165, 1.54) is 6.92 Å². The maximum atomic E-state index is 13.0. The number of ketones is 1. The molecule has 0 aliphatic carbocycles. The van der Waals surface area contributed by atoms with Crippen LogP contribution in [0.2, 0.25) is 5.02 Å². The molecule has 0 saturated heterocycles. The van der Waals surface area contributed by atoms with Gasteiger partial charge in [0.2, 0.25) is 5.78 Å². The van der Waals surface area contributed by atoms with Crippen LogP contribution in [-0.2, 0) is 4.79 Å². The summed E-state index contributed by atoms with van der Waals surface area (Å²) < 4.78 is 0. The number of H-pyrrole nitrogens is 1. The second kappa shape index (κ2) is 6.33. The number of aromatic nitrogens is 2. The number of fused-ring (bicyclic) bond motifs is 1. The third-order valence-corrected chi connectivity index (χ3v) is 4.65. The van der Waals surface area contributed by atoms with Gasteiger partial charge in [-0.3, -0.25) is 9.78 Å². The van der Waals surface area contributed by atoms with E-state index in [2.05, 4.69) is 9.97 Å². The Morgan fingerprint density at radius 3 is 2.56 bits per heavy atom.